The first-order chi connectivity index (χ1) is 27.2. The average Bonchev–Trinajstić information content (AvgIpc) is 3.65. The lowest BCUT2D eigenvalue weighted by Crippen LogP contribution is -2.01. The molecular formula is C51H33N3O. The fraction of sp³-hybridized carbons (Fsp3) is 0. The molecule has 0 aliphatic carbocycles. The van der Waals surface area contributed by atoms with E-state index in [4.69, 9.17) is 19.4 Å². The Morgan fingerprint density at radius 1 is 0.255 bits per heavy atom. The first kappa shape index (κ1) is 32.2. The zero-order valence-corrected chi connectivity index (χ0v) is 29.8. The van der Waals surface area contributed by atoms with Crippen molar-refractivity contribution in [2.24, 2.45) is 0 Å². The predicted octanol–water partition coefficient (Wildman–Crippen LogP) is 13.4. The summed E-state index contributed by atoms with van der Waals surface area (Å²) in [6.07, 6.45) is 0. The van der Waals surface area contributed by atoms with Gasteiger partial charge in [0.2, 0.25) is 0 Å². The molecule has 10 rings (SSSR count). The van der Waals surface area contributed by atoms with Gasteiger partial charge < -0.3 is 4.42 Å². The van der Waals surface area contributed by atoms with Crippen molar-refractivity contribution < 1.29 is 4.42 Å². The Bertz CT molecular complexity index is 2970. The molecule has 0 bridgehead atoms. The number of furan rings is 1. The molecule has 0 spiro atoms. The van der Waals surface area contributed by atoms with Gasteiger partial charge in [0, 0.05) is 27.5 Å². The van der Waals surface area contributed by atoms with Crippen molar-refractivity contribution in [1.82, 2.24) is 15.0 Å². The molecule has 4 heteroatoms. The maximum absolute atomic E-state index is 6.24. The molecule has 55 heavy (non-hydrogen) atoms. The van der Waals surface area contributed by atoms with E-state index in [0.717, 1.165) is 72.0 Å². The largest absolute Gasteiger partial charge is 0.456 e. The molecule has 0 amide bonds. The molecule has 0 radical (unpaired) electrons. The molecule has 2 aromatic heterocycles. The van der Waals surface area contributed by atoms with Gasteiger partial charge in [-0.15, -0.1) is 0 Å². The van der Waals surface area contributed by atoms with E-state index in [1.165, 1.54) is 11.1 Å². The molecule has 258 valence electrons. The van der Waals surface area contributed by atoms with Crippen molar-refractivity contribution >= 4 is 21.9 Å². The fourth-order valence-electron chi connectivity index (χ4n) is 7.37. The van der Waals surface area contributed by atoms with Crippen LogP contribution in [-0.4, -0.2) is 15.0 Å². The minimum absolute atomic E-state index is 0.604. The van der Waals surface area contributed by atoms with Crippen molar-refractivity contribution in [2.45, 2.75) is 0 Å². The van der Waals surface area contributed by atoms with Crippen molar-refractivity contribution in [1.29, 1.82) is 0 Å². The minimum atomic E-state index is 0.604. The molecule has 0 aliphatic heterocycles. The van der Waals surface area contributed by atoms with Gasteiger partial charge in [-0.05, 0) is 74.8 Å². The third-order valence-corrected chi connectivity index (χ3v) is 10.2. The van der Waals surface area contributed by atoms with E-state index < -0.39 is 0 Å². The number of hydrogen-bond donors (Lipinski definition) is 0. The Hall–Kier alpha value is -7.43. The zero-order valence-electron chi connectivity index (χ0n) is 29.8. The molecule has 8 aromatic carbocycles. The number of nitrogens with zero attached hydrogens (tertiary/aromatic N) is 3. The molecule has 2 heterocycles. The van der Waals surface area contributed by atoms with Crippen LogP contribution in [0.15, 0.2) is 205 Å². The fourth-order valence-corrected chi connectivity index (χ4v) is 7.37. The quantitative estimate of drug-likeness (QED) is 0.166. The van der Waals surface area contributed by atoms with Crippen LogP contribution in [0.1, 0.15) is 0 Å². The lowest BCUT2D eigenvalue weighted by molar-refractivity contribution is 0.669. The normalized spacial score (nSPS) is 11.3. The second-order valence-corrected chi connectivity index (χ2v) is 13.6. The van der Waals surface area contributed by atoms with Gasteiger partial charge in [0.15, 0.2) is 17.5 Å². The number of benzene rings is 8. The summed E-state index contributed by atoms with van der Waals surface area (Å²) >= 11 is 0. The van der Waals surface area contributed by atoms with Gasteiger partial charge >= 0.3 is 0 Å². The highest BCUT2D eigenvalue weighted by atomic mass is 16.3. The van der Waals surface area contributed by atoms with Gasteiger partial charge in [-0.1, -0.05) is 170 Å². The van der Waals surface area contributed by atoms with E-state index in [0.29, 0.717) is 17.5 Å². The SMILES string of the molecule is c1ccc(-c2ccc(-c3cccc(-c4nc(-c5cccc(-c6ccc7c(c6)oc6ccccc67)c5)nc(-c5ccccc5-c5ccccc5)n4)c3)cc2)cc1. The van der Waals surface area contributed by atoms with Crippen molar-refractivity contribution in [3.63, 3.8) is 0 Å². The van der Waals surface area contributed by atoms with Gasteiger partial charge in [0.05, 0.1) is 0 Å². The second kappa shape index (κ2) is 13.8. The molecule has 0 unspecified atom stereocenters. The number of rotatable bonds is 7. The van der Waals surface area contributed by atoms with Gasteiger partial charge in [0.1, 0.15) is 11.2 Å². The Kier molecular flexibility index (Phi) is 8.12. The number of fused-ring (bicyclic) bond motifs is 3. The third kappa shape index (κ3) is 6.26. The Morgan fingerprint density at radius 3 is 1.38 bits per heavy atom. The number of aromatic nitrogens is 3. The smallest absolute Gasteiger partial charge is 0.164 e. The van der Waals surface area contributed by atoms with Crippen LogP contribution in [0.25, 0.3) is 101 Å². The van der Waals surface area contributed by atoms with Crippen LogP contribution in [0.5, 0.6) is 0 Å². The van der Waals surface area contributed by atoms with Crippen molar-refractivity contribution in [3.8, 4) is 78.7 Å². The van der Waals surface area contributed by atoms with Crippen LogP contribution in [0.2, 0.25) is 0 Å². The highest BCUT2D eigenvalue weighted by Crippen LogP contribution is 2.36. The van der Waals surface area contributed by atoms with Crippen LogP contribution in [-0.2, 0) is 0 Å². The zero-order chi connectivity index (χ0) is 36.6. The first-order valence-corrected chi connectivity index (χ1v) is 18.4. The van der Waals surface area contributed by atoms with Gasteiger partial charge in [-0.25, -0.2) is 15.0 Å². The van der Waals surface area contributed by atoms with Crippen LogP contribution in [0.3, 0.4) is 0 Å². The summed E-state index contributed by atoms with van der Waals surface area (Å²) in [5.41, 5.74) is 13.4. The lowest BCUT2D eigenvalue weighted by atomic mass is 9.98. The Morgan fingerprint density at radius 2 is 0.691 bits per heavy atom. The van der Waals surface area contributed by atoms with Gasteiger partial charge in [-0.3, -0.25) is 0 Å². The minimum Gasteiger partial charge on any atom is -0.456 e. The topological polar surface area (TPSA) is 51.8 Å². The molecule has 0 aliphatic rings. The van der Waals surface area contributed by atoms with Crippen LogP contribution in [0.4, 0.5) is 0 Å². The van der Waals surface area contributed by atoms with Gasteiger partial charge in [-0.2, -0.15) is 0 Å². The summed E-state index contributed by atoms with van der Waals surface area (Å²) in [5, 5.41) is 2.22. The first-order valence-electron chi connectivity index (χ1n) is 18.4. The molecule has 4 nitrogen and oxygen atoms in total. The molecule has 0 atom stereocenters. The molecule has 0 N–H and O–H groups in total. The summed E-state index contributed by atoms with van der Waals surface area (Å²) in [5.74, 6) is 1.83. The summed E-state index contributed by atoms with van der Waals surface area (Å²) in [4.78, 5) is 15.5. The maximum atomic E-state index is 6.24. The monoisotopic (exact) mass is 703 g/mol. The van der Waals surface area contributed by atoms with E-state index in [2.05, 4.69) is 164 Å². The number of hydrogen-bond acceptors (Lipinski definition) is 4. The van der Waals surface area contributed by atoms with Crippen LogP contribution in [0, 0.1) is 0 Å². The standard InChI is InChI=1S/C51H33N3O/c1-3-13-34(14-4-1)35-25-27-36(28-26-35)38-17-11-19-41(31-38)49-52-50(54-51(53-49)46-23-8-7-21-43(46)37-15-5-2-6-16-37)42-20-12-18-39(32-42)40-29-30-45-44-22-9-10-24-47(44)55-48(45)33-40/h1-33H. The summed E-state index contributed by atoms with van der Waals surface area (Å²) in [7, 11) is 0. The highest BCUT2D eigenvalue weighted by Gasteiger charge is 2.17. The molecule has 0 fully saturated rings. The van der Waals surface area contributed by atoms with E-state index in [9.17, 15) is 0 Å². The molecule has 10 aromatic rings. The highest BCUT2D eigenvalue weighted by molar-refractivity contribution is 6.06. The van der Waals surface area contributed by atoms with Crippen molar-refractivity contribution in [2.75, 3.05) is 0 Å². The molecule has 0 saturated carbocycles. The van der Waals surface area contributed by atoms with Gasteiger partial charge in [0.25, 0.3) is 0 Å². The van der Waals surface area contributed by atoms with E-state index in [1.807, 2.05) is 36.4 Å². The van der Waals surface area contributed by atoms with E-state index in [1.54, 1.807) is 0 Å². The number of para-hydroxylation sites is 1. The van der Waals surface area contributed by atoms with Crippen LogP contribution >= 0.6 is 0 Å². The summed E-state index contributed by atoms with van der Waals surface area (Å²) < 4.78 is 6.24. The van der Waals surface area contributed by atoms with E-state index in [-0.39, 0.29) is 0 Å². The Labute approximate surface area is 319 Å². The average molecular weight is 704 g/mol. The predicted molar refractivity (Wildman–Crippen MR) is 225 cm³/mol. The summed E-state index contributed by atoms with van der Waals surface area (Å²) in [6, 6.07) is 69.3. The van der Waals surface area contributed by atoms with Crippen molar-refractivity contribution in [3.05, 3.63) is 200 Å². The maximum Gasteiger partial charge on any atom is 0.164 e. The molecular weight excluding hydrogens is 671 g/mol. The molecule has 0 saturated heterocycles. The van der Waals surface area contributed by atoms with E-state index >= 15 is 0 Å². The Balaban J connectivity index is 1.09. The second-order valence-electron chi connectivity index (χ2n) is 13.6. The third-order valence-electron chi connectivity index (χ3n) is 10.2. The van der Waals surface area contributed by atoms with Crippen LogP contribution < -0.4 is 0 Å². The lowest BCUT2D eigenvalue weighted by Gasteiger charge is -2.13. The summed E-state index contributed by atoms with van der Waals surface area (Å²) in [6.45, 7) is 0.